The summed E-state index contributed by atoms with van der Waals surface area (Å²) in [4.78, 5) is 26.0. The molecule has 34 heavy (non-hydrogen) atoms. The average molecular weight is 495 g/mol. The second-order valence-corrected chi connectivity index (χ2v) is 7.55. The minimum Gasteiger partial charge on any atom is -0.461 e. The van der Waals surface area contributed by atoms with Crippen LogP contribution in [0.15, 0.2) is 35.0 Å². The lowest BCUT2D eigenvalue weighted by Crippen LogP contribution is -2.28. The first-order chi connectivity index (χ1) is 16.3. The van der Waals surface area contributed by atoms with Crippen LogP contribution in [0.5, 0.6) is 6.01 Å². The van der Waals surface area contributed by atoms with Crippen LogP contribution >= 0.6 is 23.2 Å². The highest BCUT2D eigenvalue weighted by Gasteiger charge is 2.32. The first kappa shape index (κ1) is 24.5. The van der Waals surface area contributed by atoms with Crippen LogP contribution in [-0.4, -0.2) is 40.6 Å². The third-order valence-electron chi connectivity index (χ3n) is 4.93. The van der Waals surface area contributed by atoms with Crippen molar-refractivity contribution in [1.29, 1.82) is 15.8 Å². The number of aromatic nitrogens is 3. The SMILES string of the molecule is CCN(CCOc1nc(Cl)nc(Cl)n1)c1ccc(C2=C(C#N)C(=C(C#N)C#N)NC2=O)c(C)c1. The van der Waals surface area contributed by atoms with E-state index in [9.17, 15) is 10.1 Å². The summed E-state index contributed by atoms with van der Waals surface area (Å²) in [6.07, 6.45) is 0. The maximum absolute atomic E-state index is 12.6. The van der Waals surface area contributed by atoms with Gasteiger partial charge in [-0.25, -0.2) is 0 Å². The minimum atomic E-state index is -0.541. The van der Waals surface area contributed by atoms with Gasteiger partial charge in [-0.1, -0.05) is 6.07 Å². The van der Waals surface area contributed by atoms with Gasteiger partial charge in [0.1, 0.15) is 24.8 Å². The van der Waals surface area contributed by atoms with E-state index in [0.29, 0.717) is 18.7 Å². The van der Waals surface area contributed by atoms with Gasteiger partial charge in [-0.05, 0) is 60.3 Å². The normalized spacial score (nSPS) is 12.5. The fourth-order valence-corrected chi connectivity index (χ4v) is 3.73. The Labute approximate surface area is 205 Å². The van der Waals surface area contributed by atoms with E-state index in [0.717, 1.165) is 11.3 Å². The van der Waals surface area contributed by atoms with Gasteiger partial charge in [0, 0.05) is 12.2 Å². The number of anilines is 1. The van der Waals surface area contributed by atoms with E-state index in [2.05, 4.69) is 20.3 Å². The summed E-state index contributed by atoms with van der Waals surface area (Å²) in [5.41, 5.74) is 1.83. The minimum absolute atomic E-state index is 0.0220. The van der Waals surface area contributed by atoms with Gasteiger partial charge in [-0.2, -0.15) is 30.7 Å². The Morgan fingerprint density at radius 3 is 2.38 bits per heavy atom. The number of benzene rings is 1. The number of hydrogen-bond acceptors (Lipinski definition) is 9. The first-order valence-electron chi connectivity index (χ1n) is 9.89. The Bertz CT molecular complexity index is 1310. The summed E-state index contributed by atoms with van der Waals surface area (Å²) in [6.45, 7) is 5.18. The molecular formula is C22H16Cl2N8O2. The predicted octanol–water partition coefficient (Wildman–Crippen LogP) is 3.10. The number of rotatable bonds is 7. The van der Waals surface area contributed by atoms with Crippen molar-refractivity contribution in [2.45, 2.75) is 13.8 Å². The van der Waals surface area contributed by atoms with Crippen LogP contribution in [0.3, 0.4) is 0 Å². The molecule has 0 bridgehead atoms. The van der Waals surface area contributed by atoms with Gasteiger partial charge in [-0.15, -0.1) is 0 Å². The van der Waals surface area contributed by atoms with Crippen LogP contribution < -0.4 is 15.0 Å². The largest absolute Gasteiger partial charge is 0.461 e. The number of aryl methyl sites for hydroxylation is 1. The van der Waals surface area contributed by atoms with E-state index in [1.807, 2.05) is 36.9 Å². The number of nitriles is 3. The molecule has 1 aromatic heterocycles. The van der Waals surface area contributed by atoms with Crippen molar-refractivity contribution in [3.8, 4) is 24.2 Å². The van der Waals surface area contributed by atoms with Crippen molar-refractivity contribution in [1.82, 2.24) is 20.3 Å². The number of carbonyl (C=O) groups excluding carboxylic acids is 1. The van der Waals surface area contributed by atoms with Crippen LogP contribution in [0.4, 0.5) is 5.69 Å². The van der Waals surface area contributed by atoms with Gasteiger partial charge in [0.05, 0.1) is 23.4 Å². The van der Waals surface area contributed by atoms with Crippen molar-refractivity contribution in [2.75, 3.05) is 24.6 Å². The van der Waals surface area contributed by atoms with Crippen LogP contribution in [-0.2, 0) is 4.79 Å². The van der Waals surface area contributed by atoms with E-state index in [-0.39, 0.29) is 45.6 Å². The summed E-state index contributed by atoms with van der Waals surface area (Å²) in [7, 11) is 0. The van der Waals surface area contributed by atoms with Crippen molar-refractivity contribution in [3.05, 3.63) is 56.7 Å². The monoisotopic (exact) mass is 494 g/mol. The molecule has 0 unspecified atom stereocenters. The van der Waals surface area contributed by atoms with E-state index in [4.69, 9.17) is 38.5 Å². The van der Waals surface area contributed by atoms with Gasteiger partial charge in [0.15, 0.2) is 5.57 Å². The van der Waals surface area contributed by atoms with E-state index in [1.54, 1.807) is 18.2 Å². The van der Waals surface area contributed by atoms with Gasteiger partial charge < -0.3 is 15.0 Å². The number of nitrogens with one attached hydrogen (secondary N) is 1. The molecule has 0 saturated carbocycles. The maximum Gasteiger partial charge on any atom is 0.322 e. The van der Waals surface area contributed by atoms with Crippen molar-refractivity contribution in [3.63, 3.8) is 0 Å². The molecule has 1 aliphatic rings. The molecule has 2 heterocycles. The number of allylic oxidation sites excluding steroid dienone is 2. The molecule has 0 aliphatic carbocycles. The van der Waals surface area contributed by atoms with Gasteiger partial charge in [-0.3, -0.25) is 4.79 Å². The molecular weight excluding hydrogens is 479 g/mol. The molecule has 0 saturated heterocycles. The summed E-state index contributed by atoms with van der Waals surface area (Å²) in [6, 6.07) is 10.8. The van der Waals surface area contributed by atoms with Crippen molar-refractivity contribution < 1.29 is 9.53 Å². The topological polar surface area (TPSA) is 152 Å². The summed E-state index contributed by atoms with van der Waals surface area (Å²) in [5.74, 6) is -0.541. The fourth-order valence-electron chi connectivity index (χ4n) is 3.39. The molecule has 3 rings (SSSR count). The zero-order valence-corrected chi connectivity index (χ0v) is 19.6. The highest BCUT2D eigenvalue weighted by atomic mass is 35.5. The molecule has 2 aromatic rings. The molecule has 0 spiro atoms. The van der Waals surface area contributed by atoms with Crippen molar-refractivity contribution >= 4 is 40.4 Å². The molecule has 1 aliphatic heterocycles. The lowest BCUT2D eigenvalue weighted by atomic mass is 9.95. The Kier molecular flexibility index (Phi) is 7.65. The second-order valence-electron chi connectivity index (χ2n) is 6.87. The lowest BCUT2D eigenvalue weighted by Gasteiger charge is -2.24. The first-order valence-corrected chi connectivity index (χ1v) is 10.6. The fraction of sp³-hybridized carbons (Fsp3) is 0.227. The number of nitrogens with zero attached hydrogens (tertiary/aromatic N) is 7. The quantitative estimate of drug-likeness (QED) is 0.571. The number of amides is 1. The van der Waals surface area contributed by atoms with Crippen molar-refractivity contribution in [2.24, 2.45) is 0 Å². The smallest absolute Gasteiger partial charge is 0.322 e. The predicted molar refractivity (Wildman–Crippen MR) is 123 cm³/mol. The van der Waals surface area contributed by atoms with Crippen LogP contribution in [0.25, 0.3) is 5.57 Å². The molecule has 1 amide bonds. The molecule has 1 N–H and O–H groups in total. The lowest BCUT2D eigenvalue weighted by molar-refractivity contribution is -0.114. The standard InChI is InChI=1S/C22H16Cl2N8O2/c1-3-32(6-7-34-22-30-20(23)29-21(24)31-22)14-4-5-15(12(2)8-14)17-16(11-27)18(28-19(17)33)13(9-25)10-26/h4-5,8H,3,6-7H2,1-2H3,(H,28,33). The Hall–Kier alpha value is -4.17. The highest BCUT2D eigenvalue weighted by Crippen LogP contribution is 2.33. The number of ether oxygens (including phenoxy) is 1. The molecule has 0 atom stereocenters. The number of halogens is 2. The number of likely N-dealkylation sites (N-methyl/N-ethyl adjacent to an activating group) is 1. The zero-order chi connectivity index (χ0) is 24.8. The highest BCUT2D eigenvalue weighted by molar-refractivity contribution is 6.31. The molecule has 0 radical (unpaired) electrons. The molecule has 10 nitrogen and oxygen atoms in total. The van der Waals surface area contributed by atoms with Gasteiger partial charge >= 0.3 is 6.01 Å². The Morgan fingerprint density at radius 2 is 1.82 bits per heavy atom. The Balaban J connectivity index is 1.85. The van der Waals surface area contributed by atoms with E-state index in [1.165, 1.54) is 0 Å². The zero-order valence-electron chi connectivity index (χ0n) is 18.1. The van der Waals surface area contributed by atoms with E-state index < -0.39 is 5.91 Å². The average Bonchev–Trinajstić information content (AvgIpc) is 3.12. The third-order valence-corrected chi connectivity index (χ3v) is 5.27. The summed E-state index contributed by atoms with van der Waals surface area (Å²) < 4.78 is 5.53. The van der Waals surface area contributed by atoms with Gasteiger partial charge in [0.2, 0.25) is 10.6 Å². The van der Waals surface area contributed by atoms with Crippen LogP contribution in [0.1, 0.15) is 18.1 Å². The molecule has 12 heteroatoms. The molecule has 0 fully saturated rings. The third kappa shape index (κ3) is 5.07. The summed E-state index contributed by atoms with van der Waals surface area (Å²) in [5, 5.41) is 30.2. The van der Waals surface area contributed by atoms with E-state index >= 15 is 0 Å². The molecule has 1 aromatic carbocycles. The number of carbonyl (C=O) groups is 1. The van der Waals surface area contributed by atoms with Crippen LogP contribution in [0.2, 0.25) is 10.6 Å². The Morgan fingerprint density at radius 1 is 1.15 bits per heavy atom. The maximum atomic E-state index is 12.6. The second kappa shape index (κ2) is 10.6. The van der Waals surface area contributed by atoms with Crippen LogP contribution in [0, 0.1) is 40.9 Å². The molecule has 170 valence electrons. The number of hydrogen-bond donors (Lipinski definition) is 1. The summed E-state index contributed by atoms with van der Waals surface area (Å²) >= 11 is 11.5. The van der Waals surface area contributed by atoms with Gasteiger partial charge in [0.25, 0.3) is 5.91 Å².